The van der Waals surface area contributed by atoms with E-state index in [1.54, 1.807) is 45.0 Å². The quantitative estimate of drug-likeness (QED) is 0.565. The first-order valence-electron chi connectivity index (χ1n) is 8.11. The van der Waals surface area contributed by atoms with Crippen molar-refractivity contribution in [1.29, 1.82) is 0 Å². The molecule has 1 rings (SSSR count). The first-order chi connectivity index (χ1) is 11.1. The van der Waals surface area contributed by atoms with Gasteiger partial charge >= 0.3 is 11.9 Å². The molecule has 0 aliphatic rings. The van der Waals surface area contributed by atoms with Crippen molar-refractivity contribution in [2.45, 2.75) is 65.1 Å². The summed E-state index contributed by atoms with van der Waals surface area (Å²) in [5.74, 6) is -1.98. The number of rotatable bonds is 7. The molecule has 1 aromatic carbocycles. The normalized spacial score (nSPS) is 13.7. The molecule has 0 radical (unpaired) electrons. The smallest absolute Gasteiger partial charge is 0.359 e. The van der Waals surface area contributed by atoms with Crippen molar-refractivity contribution in [3.05, 3.63) is 35.9 Å². The van der Waals surface area contributed by atoms with Crippen molar-refractivity contribution in [3.8, 4) is 0 Å². The van der Waals surface area contributed by atoms with Crippen molar-refractivity contribution in [2.24, 2.45) is 0 Å². The molecule has 5 heteroatoms. The second-order valence-corrected chi connectivity index (χ2v) is 6.77. The highest BCUT2D eigenvalue weighted by atomic mass is 16.6. The highest BCUT2D eigenvalue weighted by Crippen LogP contribution is 2.25. The van der Waals surface area contributed by atoms with Gasteiger partial charge in [-0.25, -0.2) is 4.79 Å². The van der Waals surface area contributed by atoms with Crippen LogP contribution in [-0.2, 0) is 30.3 Å². The fourth-order valence-corrected chi connectivity index (χ4v) is 2.18. The van der Waals surface area contributed by atoms with E-state index < -0.39 is 28.9 Å². The molecule has 1 aromatic rings. The molecule has 0 amide bonds. The van der Waals surface area contributed by atoms with Gasteiger partial charge < -0.3 is 9.47 Å². The Kier molecular flexibility index (Phi) is 6.70. The van der Waals surface area contributed by atoms with E-state index in [0.29, 0.717) is 12.0 Å². The molecule has 0 spiro atoms. The number of hydrogen-bond donors (Lipinski definition) is 0. The maximum absolute atomic E-state index is 12.7. The van der Waals surface area contributed by atoms with Crippen LogP contribution < -0.4 is 0 Å². The summed E-state index contributed by atoms with van der Waals surface area (Å²) in [6.07, 6.45) is 0.645. The highest BCUT2D eigenvalue weighted by Gasteiger charge is 2.50. The summed E-state index contributed by atoms with van der Waals surface area (Å²) in [5, 5.41) is 0. The van der Waals surface area contributed by atoms with Crippen molar-refractivity contribution in [3.63, 3.8) is 0 Å². The van der Waals surface area contributed by atoms with Crippen molar-refractivity contribution >= 4 is 17.7 Å². The topological polar surface area (TPSA) is 69.7 Å². The van der Waals surface area contributed by atoms with E-state index >= 15 is 0 Å². The highest BCUT2D eigenvalue weighted by molar-refractivity contribution is 6.08. The van der Waals surface area contributed by atoms with Gasteiger partial charge in [0.2, 0.25) is 0 Å². The molecule has 5 nitrogen and oxygen atoms in total. The van der Waals surface area contributed by atoms with Gasteiger partial charge in [-0.1, -0.05) is 37.3 Å². The first-order valence-corrected chi connectivity index (χ1v) is 8.11. The van der Waals surface area contributed by atoms with Gasteiger partial charge in [0.25, 0.3) is 5.60 Å². The van der Waals surface area contributed by atoms with E-state index in [0.717, 1.165) is 0 Å². The standard InChI is InChI=1S/C19H26O5/c1-6-10-16(21)23-19(14(2)20,17(22)24-18(3,4)5)13-15-11-8-7-9-12-15/h7-9,11-12H,6,10,13H2,1-5H3. The predicted octanol–water partition coefficient (Wildman–Crippen LogP) is 3.24. The molecule has 0 bridgehead atoms. The number of ether oxygens (including phenoxy) is 2. The zero-order valence-electron chi connectivity index (χ0n) is 15.0. The van der Waals surface area contributed by atoms with E-state index in [9.17, 15) is 14.4 Å². The van der Waals surface area contributed by atoms with Crippen LogP contribution in [0.2, 0.25) is 0 Å². The third-order valence-corrected chi connectivity index (χ3v) is 3.34. The minimum Gasteiger partial charge on any atom is -0.457 e. The average Bonchev–Trinajstić information content (AvgIpc) is 2.45. The average molecular weight is 334 g/mol. The van der Waals surface area contributed by atoms with Gasteiger partial charge in [-0.3, -0.25) is 9.59 Å². The second kappa shape index (κ2) is 8.08. The molecule has 1 unspecified atom stereocenters. The van der Waals surface area contributed by atoms with Crippen LogP contribution in [0.3, 0.4) is 0 Å². The number of carbonyl (C=O) groups excluding carboxylic acids is 3. The number of carbonyl (C=O) groups is 3. The zero-order valence-corrected chi connectivity index (χ0v) is 15.0. The van der Waals surface area contributed by atoms with Gasteiger partial charge in [0, 0.05) is 12.8 Å². The van der Waals surface area contributed by atoms with Crippen LogP contribution in [0.25, 0.3) is 0 Å². The Morgan fingerprint density at radius 1 is 1.00 bits per heavy atom. The number of benzene rings is 1. The van der Waals surface area contributed by atoms with Gasteiger partial charge in [0.15, 0.2) is 5.78 Å². The third-order valence-electron chi connectivity index (χ3n) is 3.34. The van der Waals surface area contributed by atoms with E-state index in [1.807, 2.05) is 13.0 Å². The van der Waals surface area contributed by atoms with Crippen molar-refractivity contribution < 1.29 is 23.9 Å². The van der Waals surface area contributed by atoms with E-state index in [2.05, 4.69) is 0 Å². The molecule has 0 heterocycles. The Labute approximate surface area is 143 Å². The maximum atomic E-state index is 12.7. The molecule has 0 aromatic heterocycles. The molecule has 24 heavy (non-hydrogen) atoms. The Bertz CT molecular complexity index is 586. The Balaban J connectivity index is 3.25. The van der Waals surface area contributed by atoms with Gasteiger partial charge in [0.1, 0.15) is 5.60 Å². The minimum absolute atomic E-state index is 0.0481. The molecule has 132 valence electrons. The molecule has 0 N–H and O–H groups in total. The van der Waals surface area contributed by atoms with Gasteiger partial charge in [-0.2, -0.15) is 0 Å². The SMILES string of the molecule is CCCC(=O)OC(Cc1ccccc1)(C(C)=O)C(=O)OC(C)(C)C. The van der Waals surface area contributed by atoms with Crippen LogP contribution in [0.5, 0.6) is 0 Å². The lowest BCUT2D eigenvalue weighted by Crippen LogP contribution is -2.53. The Morgan fingerprint density at radius 3 is 2.04 bits per heavy atom. The minimum atomic E-state index is -1.96. The summed E-state index contributed by atoms with van der Waals surface area (Å²) in [6, 6.07) is 8.97. The largest absolute Gasteiger partial charge is 0.457 e. The monoisotopic (exact) mass is 334 g/mol. The Morgan fingerprint density at radius 2 is 1.58 bits per heavy atom. The molecule has 0 aliphatic carbocycles. The molecule has 0 fully saturated rings. The lowest BCUT2D eigenvalue weighted by atomic mass is 9.90. The van der Waals surface area contributed by atoms with Gasteiger partial charge in [-0.15, -0.1) is 0 Å². The number of hydrogen-bond acceptors (Lipinski definition) is 5. The number of ketones is 1. The van der Waals surface area contributed by atoms with E-state index in [4.69, 9.17) is 9.47 Å². The van der Waals surface area contributed by atoms with E-state index in [-0.39, 0.29) is 12.8 Å². The third kappa shape index (κ3) is 5.48. The summed E-state index contributed by atoms with van der Waals surface area (Å²) in [6.45, 7) is 8.16. The predicted molar refractivity (Wildman–Crippen MR) is 90.4 cm³/mol. The van der Waals surface area contributed by atoms with Crippen LogP contribution in [0.1, 0.15) is 53.0 Å². The van der Waals surface area contributed by atoms with Crippen LogP contribution in [0, 0.1) is 0 Å². The first kappa shape index (κ1) is 19.9. The summed E-state index contributed by atoms with van der Waals surface area (Å²) >= 11 is 0. The molecule has 0 aliphatic heterocycles. The fourth-order valence-electron chi connectivity index (χ4n) is 2.18. The fraction of sp³-hybridized carbons (Fsp3) is 0.526. The Hall–Kier alpha value is -2.17. The number of Topliss-reactive ketones (excluding diaryl/α,β-unsaturated/α-hetero) is 1. The van der Waals surface area contributed by atoms with Crippen LogP contribution in [0.4, 0.5) is 0 Å². The lowest BCUT2D eigenvalue weighted by molar-refractivity contribution is -0.192. The molecule has 1 atom stereocenters. The van der Waals surface area contributed by atoms with Crippen LogP contribution >= 0.6 is 0 Å². The van der Waals surface area contributed by atoms with Crippen molar-refractivity contribution in [1.82, 2.24) is 0 Å². The van der Waals surface area contributed by atoms with E-state index in [1.165, 1.54) is 6.92 Å². The van der Waals surface area contributed by atoms with Crippen LogP contribution in [0.15, 0.2) is 30.3 Å². The zero-order chi connectivity index (χ0) is 18.4. The maximum Gasteiger partial charge on any atom is 0.359 e. The van der Waals surface area contributed by atoms with Crippen LogP contribution in [-0.4, -0.2) is 28.9 Å². The van der Waals surface area contributed by atoms with Gasteiger partial charge in [0.05, 0.1) is 0 Å². The summed E-state index contributed by atoms with van der Waals surface area (Å²) < 4.78 is 10.8. The molecule has 0 saturated carbocycles. The molecular formula is C19H26O5. The molecule has 0 saturated heterocycles. The summed E-state index contributed by atoms with van der Waals surface area (Å²) in [7, 11) is 0. The summed E-state index contributed by atoms with van der Waals surface area (Å²) in [5.41, 5.74) is -2.05. The summed E-state index contributed by atoms with van der Waals surface area (Å²) in [4.78, 5) is 37.1. The van der Waals surface area contributed by atoms with Crippen molar-refractivity contribution in [2.75, 3.05) is 0 Å². The second-order valence-electron chi connectivity index (χ2n) is 6.77. The molecular weight excluding hydrogens is 308 g/mol. The van der Waals surface area contributed by atoms with Gasteiger partial charge in [-0.05, 0) is 39.7 Å². The number of esters is 2. The lowest BCUT2D eigenvalue weighted by Gasteiger charge is -2.32.